The molecule has 5 nitrogen and oxygen atoms in total. The molecule has 0 N–H and O–H groups in total. The van der Waals surface area contributed by atoms with Crippen LogP contribution in [-0.2, 0) is 13.5 Å². The molecule has 4 rings (SSSR count). The number of benzene rings is 1. The first kappa shape index (κ1) is 17.0. The highest BCUT2D eigenvalue weighted by atomic mass is 16.2. The van der Waals surface area contributed by atoms with E-state index in [1.54, 1.807) is 25.4 Å². The fourth-order valence-electron chi connectivity index (χ4n) is 3.89. The Morgan fingerprint density at radius 3 is 2.58 bits per heavy atom. The maximum absolute atomic E-state index is 13.2. The molecule has 0 radical (unpaired) electrons. The summed E-state index contributed by atoms with van der Waals surface area (Å²) in [6.07, 6.45) is 5.05. The number of pyridine rings is 1. The van der Waals surface area contributed by atoms with Gasteiger partial charge in [0, 0.05) is 45.0 Å². The van der Waals surface area contributed by atoms with E-state index >= 15 is 0 Å². The third kappa shape index (κ3) is 3.44. The van der Waals surface area contributed by atoms with Gasteiger partial charge in [0.25, 0.3) is 11.5 Å². The molecule has 1 aromatic carbocycles. The predicted molar refractivity (Wildman–Crippen MR) is 101 cm³/mol. The van der Waals surface area contributed by atoms with Crippen LogP contribution in [0.25, 0.3) is 0 Å². The lowest BCUT2D eigenvalue weighted by Gasteiger charge is -2.42. The highest BCUT2D eigenvalue weighted by molar-refractivity contribution is 5.94. The fourth-order valence-corrected chi connectivity index (χ4v) is 3.89. The SMILES string of the molecule is Cn1cccc(C(=O)N2CCN(C3CC3)CC2Cc2ccccc2)c1=O. The van der Waals surface area contributed by atoms with Gasteiger partial charge >= 0.3 is 0 Å². The smallest absolute Gasteiger partial charge is 0.263 e. The van der Waals surface area contributed by atoms with E-state index in [1.807, 2.05) is 23.1 Å². The number of amides is 1. The van der Waals surface area contributed by atoms with Crippen molar-refractivity contribution in [3.05, 3.63) is 70.1 Å². The summed E-state index contributed by atoms with van der Waals surface area (Å²) in [5, 5.41) is 0. The zero-order valence-electron chi connectivity index (χ0n) is 15.2. The Balaban J connectivity index is 1.60. The number of hydrogen-bond donors (Lipinski definition) is 0. The van der Waals surface area contributed by atoms with E-state index in [1.165, 1.54) is 23.0 Å². The van der Waals surface area contributed by atoms with Gasteiger partial charge in [-0.2, -0.15) is 0 Å². The van der Waals surface area contributed by atoms with Gasteiger partial charge in [-0.15, -0.1) is 0 Å². The minimum absolute atomic E-state index is 0.101. The summed E-state index contributed by atoms with van der Waals surface area (Å²) < 4.78 is 1.47. The molecule has 2 fully saturated rings. The number of aryl methyl sites for hydroxylation is 1. The predicted octanol–water partition coefficient (Wildman–Crippen LogP) is 1.92. The van der Waals surface area contributed by atoms with Gasteiger partial charge in [0.15, 0.2) is 0 Å². The number of piperazine rings is 1. The van der Waals surface area contributed by atoms with Crippen LogP contribution in [-0.4, -0.2) is 52.0 Å². The molecule has 1 saturated carbocycles. The van der Waals surface area contributed by atoms with Crippen molar-refractivity contribution in [1.29, 1.82) is 0 Å². The van der Waals surface area contributed by atoms with Crippen LogP contribution in [0.4, 0.5) is 0 Å². The second kappa shape index (κ2) is 7.08. The number of aromatic nitrogens is 1. The van der Waals surface area contributed by atoms with E-state index in [9.17, 15) is 9.59 Å². The van der Waals surface area contributed by atoms with Gasteiger partial charge in [0.05, 0.1) is 0 Å². The Morgan fingerprint density at radius 1 is 1.08 bits per heavy atom. The van der Waals surface area contributed by atoms with E-state index in [4.69, 9.17) is 0 Å². The van der Waals surface area contributed by atoms with E-state index in [2.05, 4.69) is 17.0 Å². The molecule has 1 atom stereocenters. The second-order valence-corrected chi connectivity index (χ2v) is 7.41. The van der Waals surface area contributed by atoms with Crippen molar-refractivity contribution in [2.24, 2.45) is 7.05 Å². The number of nitrogens with zero attached hydrogens (tertiary/aromatic N) is 3. The van der Waals surface area contributed by atoms with Crippen molar-refractivity contribution in [2.45, 2.75) is 31.3 Å². The maximum atomic E-state index is 13.2. The lowest BCUT2D eigenvalue weighted by Crippen LogP contribution is -2.57. The molecule has 2 heterocycles. The summed E-state index contributed by atoms with van der Waals surface area (Å²) in [5.41, 5.74) is 1.28. The Labute approximate surface area is 153 Å². The van der Waals surface area contributed by atoms with Crippen molar-refractivity contribution in [2.75, 3.05) is 19.6 Å². The molecule has 1 unspecified atom stereocenters. The topological polar surface area (TPSA) is 45.6 Å². The van der Waals surface area contributed by atoms with Gasteiger partial charge in [0.2, 0.25) is 0 Å². The van der Waals surface area contributed by atoms with Crippen molar-refractivity contribution < 1.29 is 4.79 Å². The Kier molecular flexibility index (Phi) is 4.64. The molecular weight excluding hydrogens is 326 g/mol. The molecule has 2 aliphatic rings. The third-order valence-corrected chi connectivity index (χ3v) is 5.51. The van der Waals surface area contributed by atoms with Crippen LogP contribution >= 0.6 is 0 Å². The Hall–Kier alpha value is -2.40. The quantitative estimate of drug-likeness (QED) is 0.845. The van der Waals surface area contributed by atoms with Gasteiger partial charge in [0.1, 0.15) is 5.56 Å². The molecule has 1 aliphatic carbocycles. The summed E-state index contributed by atoms with van der Waals surface area (Å²) >= 11 is 0. The first-order chi connectivity index (χ1) is 12.6. The lowest BCUT2D eigenvalue weighted by atomic mass is 10.0. The molecule has 26 heavy (non-hydrogen) atoms. The monoisotopic (exact) mass is 351 g/mol. The second-order valence-electron chi connectivity index (χ2n) is 7.41. The van der Waals surface area contributed by atoms with Crippen LogP contribution in [0.2, 0.25) is 0 Å². The molecule has 1 amide bonds. The first-order valence-corrected chi connectivity index (χ1v) is 9.38. The zero-order valence-corrected chi connectivity index (χ0v) is 15.2. The van der Waals surface area contributed by atoms with Gasteiger partial charge in [-0.05, 0) is 37.0 Å². The van der Waals surface area contributed by atoms with Crippen LogP contribution < -0.4 is 5.56 Å². The van der Waals surface area contributed by atoms with Crippen LogP contribution in [0.3, 0.4) is 0 Å². The highest BCUT2D eigenvalue weighted by Gasteiger charge is 2.37. The molecule has 5 heteroatoms. The largest absolute Gasteiger partial charge is 0.333 e. The molecule has 136 valence electrons. The summed E-state index contributed by atoms with van der Waals surface area (Å²) in [7, 11) is 1.69. The molecule has 1 aromatic heterocycles. The minimum Gasteiger partial charge on any atom is -0.333 e. The molecule has 1 aliphatic heterocycles. The number of carbonyl (C=O) groups is 1. The molecule has 2 aromatic rings. The molecule has 0 spiro atoms. The summed E-state index contributed by atoms with van der Waals surface area (Å²) in [6, 6.07) is 14.5. The van der Waals surface area contributed by atoms with Crippen LogP contribution in [0.1, 0.15) is 28.8 Å². The standard InChI is InChI=1S/C21H25N3O2/c1-22-11-5-8-19(20(22)25)21(26)24-13-12-23(17-9-10-17)15-18(24)14-16-6-3-2-4-7-16/h2-8,11,17-18H,9-10,12-15H2,1H3. The average Bonchev–Trinajstić information content (AvgIpc) is 3.49. The number of rotatable bonds is 4. The molecular formula is C21H25N3O2. The van der Waals surface area contributed by atoms with Gasteiger partial charge in [-0.25, -0.2) is 0 Å². The van der Waals surface area contributed by atoms with Crippen molar-refractivity contribution in [3.63, 3.8) is 0 Å². The fraction of sp³-hybridized carbons (Fsp3) is 0.429. The Morgan fingerprint density at radius 2 is 1.85 bits per heavy atom. The number of carbonyl (C=O) groups excluding carboxylic acids is 1. The summed E-state index contributed by atoms with van der Waals surface area (Å²) in [4.78, 5) is 30.0. The number of hydrogen-bond acceptors (Lipinski definition) is 3. The van der Waals surface area contributed by atoms with Gasteiger partial charge < -0.3 is 9.47 Å². The maximum Gasteiger partial charge on any atom is 0.263 e. The van der Waals surface area contributed by atoms with Gasteiger partial charge in [-0.3, -0.25) is 14.5 Å². The van der Waals surface area contributed by atoms with E-state index in [-0.39, 0.29) is 23.1 Å². The zero-order chi connectivity index (χ0) is 18.1. The normalized spacial score (nSPS) is 21.0. The van der Waals surface area contributed by atoms with Crippen molar-refractivity contribution >= 4 is 5.91 Å². The summed E-state index contributed by atoms with van der Waals surface area (Å²) in [6.45, 7) is 2.47. The molecule has 0 bridgehead atoms. The van der Waals surface area contributed by atoms with Crippen LogP contribution in [0.5, 0.6) is 0 Å². The average molecular weight is 351 g/mol. The van der Waals surface area contributed by atoms with E-state index in [0.717, 1.165) is 19.5 Å². The summed E-state index contributed by atoms with van der Waals surface area (Å²) in [5.74, 6) is -0.137. The third-order valence-electron chi connectivity index (χ3n) is 5.51. The minimum atomic E-state index is -0.222. The lowest BCUT2D eigenvalue weighted by molar-refractivity contribution is 0.0435. The van der Waals surface area contributed by atoms with Crippen molar-refractivity contribution in [3.8, 4) is 0 Å². The Bertz CT molecular complexity index is 842. The van der Waals surface area contributed by atoms with Gasteiger partial charge in [-0.1, -0.05) is 30.3 Å². The first-order valence-electron chi connectivity index (χ1n) is 9.38. The van der Waals surface area contributed by atoms with E-state index in [0.29, 0.717) is 12.6 Å². The van der Waals surface area contributed by atoms with Crippen LogP contribution in [0, 0.1) is 0 Å². The van der Waals surface area contributed by atoms with E-state index < -0.39 is 0 Å². The molecule has 1 saturated heterocycles. The van der Waals surface area contributed by atoms with Crippen molar-refractivity contribution in [1.82, 2.24) is 14.4 Å². The highest BCUT2D eigenvalue weighted by Crippen LogP contribution is 2.30. The van der Waals surface area contributed by atoms with Crippen LogP contribution in [0.15, 0.2) is 53.5 Å².